The van der Waals surface area contributed by atoms with Crippen LogP contribution in [0.15, 0.2) is 0 Å². The van der Waals surface area contributed by atoms with Crippen LogP contribution in [0.1, 0.15) is 33.1 Å². The molecule has 0 radical (unpaired) electrons. The highest BCUT2D eigenvalue weighted by Gasteiger charge is 2.41. The first-order chi connectivity index (χ1) is 7.81. The molecule has 2 saturated heterocycles. The fourth-order valence-corrected chi connectivity index (χ4v) is 4.51. The minimum atomic E-state index is -3.36. The number of nitrogens with zero attached hydrogens (tertiary/aromatic N) is 2. The molecule has 0 bridgehead atoms. The van der Waals surface area contributed by atoms with Crippen molar-refractivity contribution in [3.8, 4) is 0 Å². The maximum atomic E-state index is 12.4. The van der Waals surface area contributed by atoms with Gasteiger partial charge in [0.25, 0.3) is 10.2 Å². The third-order valence-electron chi connectivity index (χ3n) is 3.69. The first kappa shape index (κ1) is 13.3. The van der Waals surface area contributed by atoms with Crippen molar-refractivity contribution in [2.24, 2.45) is 5.92 Å². The largest absolute Gasteiger partial charge is 0.389 e. The Kier molecular flexibility index (Phi) is 3.51. The lowest BCUT2D eigenvalue weighted by atomic mass is 10.0. The lowest BCUT2D eigenvalue weighted by Gasteiger charge is -2.33. The minimum absolute atomic E-state index is 0.222. The van der Waals surface area contributed by atoms with Gasteiger partial charge in [-0.2, -0.15) is 17.0 Å². The molecule has 2 fully saturated rings. The molecule has 0 aliphatic carbocycles. The summed E-state index contributed by atoms with van der Waals surface area (Å²) in [4.78, 5) is 0. The molecule has 5 nitrogen and oxygen atoms in total. The zero-order valence-corrected chi connectivity index (χ0v) is 11.4. The zero-order chi connectivity index (χ0) is 12.7. The molecule has 1 N–H and O–H groups in total. The van der Waals surface area contributed by atoms with Crippen LogP contribution in [0.4, 0.5) is 0 Å². The molecule has 2 rings (SSSR count). The molecule has 2 unspecified atom stereocenters. The van der Waals surface area contributed by atoms with E-state index in [1.165, 1.54) is 4.31 Å². The van der Waals surface area contributed by atoms with Gasteiger partial charge in [-0.15, -0.1) is 0 Å². The maximum Gasteiger partial charge on any atom is 0.282 e. The highest BCUT2D eigenvalue weighted by Crippen LogP contribution is 2.27. The second kappa shape index (κ2) is 4.50. The summed E-state index contributed by atoms with van der Waals surface area (Å²) in [5.41, 5.74) is -0.867. The van der Waals surface area contributed by atoms with E-state index in [1.807, 2.05) is 0 Å². The number of aliphatic hydroxyl groups is 1. The van der Waals surface area contributed by atoms with Gasteiger partial charge in [0.1, 0.15) is 0 Å². The van der Waals surface area contributed by atoms with Gasteiger partial charge < -0.3 is 5.11 Å². The summed E-state index contributed by atoms with van der Waals surface area (Å²) in [6.07, 6.45) is 2.56. The Hall–Kier alpha value is -0.170. The van der Waals surface area contributed by atoms with E-state index in [1.54, 1.807) is 11.2 Å². The van der Waals surface area contributed by atoms with Gasteiger partial charge in [-0.1, -0.05) is 6.92 Å². The minimum Gasteiger partial charge on any atom is -0.389 e. The number of rotatable bonds is 2. The fourth-order valence-electron chi connectivity index (χ4n) is 2.62. The third-order valence-corrected chi connectivity index (χ3v) is 5.64. The standard InChI is InChI=1S/C11H22N2O3S/c1-10-4-3-6-12(8-10)17(15,16)13-7-5-11(2,14)9-13/h10,14H,3-9H2,1-2H3. The highest BCUT2D eigenvalue weighted by atomic mass is 32.2. The Labute approximate surface area is 104 Å². The molecule has 100 valence electrons. The molecule has 2 atom stereocenters. The van der Waals surface area contributed by atoms with E-state index in [0.29, 0.717) is 32.0 Å². The van der Waals surface area contributed by atoms with E-state index < -0.39 is 15.8 Å². The summed E-state index contributed by atoms with van der Waals surface area (Å²) in [5, 5.41) is 9.85. The zero-order valence-electron chi connectivity index (χ0n) is 10.6. The van der Waals surface area contributed by atoms with Crippen molar-refractivity contribution in [2.75, 3.05) is 26.2 Å². The van der Waals surface area contributed by atoms with E-state index in [9.17, 15) is 13.5 Å². The second-order valence-electron chi connectivity index (χ2n) is 5.69. The molecule has 0 aromatic heterocycles. The normalized spacial score (nSPS) is 37.5. The van der Waals surface area contributed by atoms with E-state index in [0.717, 1.165) is 12.8 Å². The number of β-amino-alcohol motifs (C(OH)–C–C–N with tert-alkyl or cyclic N) is 1. The third kappa shape index (κ3) is 2.81. The average molecular weight is 262 g/mol. The van der Waals surface area contributed by atoms with Crippen molar-refractivity contribution in [1.82, 2.24) is 8.61 Å². The molecule has 2 aliphatic heterocycles. The predicted octanol–water partition coefficient (Wildman–Crippen LogP) is 0.420. The van der Waals surface area contributed by atoms with Gasteiger partial charge in [0.05, 0.1) is 5.60 Å². The quantitative estimate of drug-likeness (QED) is 0.784. The van der Waals surface area contributed by atoms with Gasteiger partial charge in [0.15, 0.2) is 0 Å². The molecule has 0 aromatic rings. The van der Waals surface area contributed by atoms with Crippen LogP contribution >= 0.6 is 0 Å². The van der Waals surface area contributed by atoms with Crippen LogP contribution in [0, 0.1) is 5.92 Å². The second-order valence-corrected chi connectivity index (χ2v) is 7.62. The van der Waals surface area contributed by atoms with Gasteiger partial charge >= 0.3 is 0 Å². The first-order valence-electron chi connectivity index (χ1n) is 6.29. The average Bonchev–Trinajstić information content (AvgIpc) is 2.59. The Bertz CT molecular complexity index is 372. The van der Waals surface area contributed by atoms with Crippen LogP contribution in [0.25, 0.3) is 0 Å². The lowest BCUT2D eigenvalue weighted by molar-refractivity contribution is 0.0755. The molecule has 2 heterocycles. The van der Waals surface area contributed by atoms with Gasteiger partial charge in [0, 0.05) is 26.2 Å². The Morgan fingerprint density at radius 1 is 1.29 bits per heavy atom. The molecule has 0 saturated carbocycles. The number of hydrogen-bond donors (Lipinski definition) is 1. The molecule has 2 aliphatic rings. The van der Waals surface area contributed by atoms with Crippen LogP contribution in [-0.4, -0.2) is 53.9 Å². The van der Waals surface area contributed by atoms with Crippen molar-refractivity contribution in [1.29, 1.82) is 0 Å². The fraction of sp³-hybridized carbons (Fsp3) is 1.00. The van der Waals surface area contributed by atoms with Crippen LogP contribution in [0.5, 0.6) is 0 Å². The SMILES string of the molecule is CC1CCCN(S(=O)(=O)N2CCC(C)(O)C2)C1. The maximum absolute atomic E-state index is 12.4. The molecule has 0 spiro atoms. The molecule has 0 amide bonds. The first-order valence-corrected chi connectivity index (χ1v) is 7.68. The van der Waals surface area contributed by atoms with E-state index in [2.05, 4.69) is 6.92 Å². The van der Waals surface area contributed by atoms with Crippen molar-refractivity contribution in [3.05, 3.63) is 0 Å². The Morgan fingerprint density at radius 3 is 2.53 bits per heavy atom. The van der Waals surface area contributed by atoms with Gasteiger partial charge in [-0.05, 0) is 32.1 Å². The van der Waals surface area contributed by atoms with Crippen LogP contribution in [-0.2, 0) is 10.2 Å². The number of piperidine rings is 1. The summed E-state index contributed by atoms with van der Waals surface area (Å²) in [7, 11) is -3.36. The van der Waals surface area contributed by atoms with Crippen LogP contribution in [0.3, 0.4) is 0 Å². The molecular formula is C11H22N2O3S. The van der Waals surface area contributed by atoms with Gasteiger partial charge in [0.2, 0.25) is 0 Å². The van der Waals surface area contributed by atoms with Crippen LogP contribution in [0.2, 0.25) is 0 Å². The van der Waals surface area contributed by atoms with Crippen molar-refractivity contribution in [2.45, 2.75) is 38.7 Å². The van der Waals surface area contributed by atoms with Crippen molar-refractivity contribution < 1.29 is 13.5 Å². The van der Waals surface area contributed by atoms with E-state index in [-0.39, 0.29) is 6.54 Å². The van der Waals surface area contributed by atoms with Crippen molar-refractivity contribution >= 4 is 10.2 Å². The molecule has 0 aromatic carbocycles. The molecule has 17 heavy (non-hydrogen) atoms. The Morgan fingerprint density at radius 2 is 2.00 bits per heavy atom. The predicted molar refractivity (Wildman–Crippen MR) is 65.7 cm³/mol. The summed E-state index contributed by atoms with van der Waals surface area (Å²) in [6.45, 7) is 5.66. The molecular weight excluding hydrogens is 240 g/mol. The van der Waals surface area contributed by atoms with E-state index in [4.69, 9.17) is 0 Å². The monoisotopic (exact) mass is 262 g/mol. The van der Waals surface area contributed by atoms with Crippen molar-refractivity contribution in [3.63, 3.8) is 0 Å². The van der Waals surface area contributed by atoms with E-state index >= 15 is 0 Å². The summed E-state index contributed by atoms with van der Waals surface area (Å²) in [6, 6.07) is 0. The smallest absolute Gasteiger partial charge is 0.282 e. The highest BCUT2D eigenvalue weighted by molar-refractivity contribution is 7.86. The van der Waals surface area contributed by atoms with Crippen LogP contribution < -0.4 is 0 Å². The van der Waals surface area contributed by atoms with Gasteiger partial charge in [-0.25, -0.2) is 0 Å². The number of hydrogen-bond acceptors (Lipinski definition) is 3. The summed E-state index contributed by atoms with van der Waals surface area (Å²) >= 11 is 0. The lowest BCUT2D eigenvalue weighted by Crippen LogP contribution is -2.47. The summed E-state index contributed by atoms with van der Waals surface area (Å²) in [5.74, 6) is 0.432. The van der Waals surface area contributed by atoms with Gasteiger partial charge in [-0.3, -0.25) is 0 Å². The molecule has 6 heteroatoms. The summed E-state index contributed by atoms with van der Waals surface area (Å²) < 4.78 is 27.7. The topological polar surface area (TPSA) is 60.9 Å². The Balaban J connectivity index is 2.08.